The molecule has 2 rings (SSSR count). The molecule has 0 saturated carbocycles. The summed E-state index contributed by atoms with van der Waals surface area (Å²) in [5.74, 6) is 0. The average molecular weight is 304 g/mol. The molecule has 1 aromatic heterocycles. The smallest absolute Gasteiger partial charge is 0.159 e. The number of halogens is 1. The fraction of sp³-hybridized carbons (Fsp3) is 0.727. The minimum Gasteiger partial charge on any atom is -0.350 e. The lowest BCUT2D eigenvalue weighted by Crippen LogP contribution is -2.28. The van der Waals surface area contributed by atoms with Crippen LogP contribution in [0, 0.1) is 0 Å². The zero-order valence-corrected chi connectivity index (χ0v) is 11.7. The fourth-order valence-electron chi connectivity index (χ4n) is 2.09. The highest BCUT2D eigenvalue weighted by molar-refractivity contribution is 9.10. The first-order valence-electron chi connectivity index (χ1n) is 5.86. The standard InChI is InChI=1S/C11H18BrN3O2/c1-3-13-9(6-10-16-4-5-17-10)11-8(12)7-14-15(11)2/h7,9-10,13H,3-6H2,1-2H3. The van der Waals surface area contributed by atoms with Crippen LogP contribution in [-0.4, -0.2) is 35.8 Å². The van der Waals surface area contributed by atoms with Crippen LogP contribution in [-0.2, 0) is 16.5 Å². The van der Waals surface area contributed by atoms with Crippen molar-refractivity contribution in [2.24, 2.45) is 7.05 Å². The first-order valence-corrected chi connectivity index (χ1v) is 6.65. The lowest BCUT2D eigenvalue weighted by atomic mass is 10.1. The number of hydrogen-bond acceptors (Lipinski definition) is 4. The summed E-state index contributed by atoms with van der Waals surface area (Å²) in [6.07, 6.45) is 2.50. The molecule has 0 bridgehead atoms. The van der Waals surface area contributed by atoms with Gasteiger partial charge in [0.1, 0.15) is 0 Å². The number of rotatable bonds is 5. The van der Waals surface area contributed by atoms with E-state index in [1.165, 1.54) is 0 Å². The topological polar surface area (TPSA) is 48.3 Å². The third-order valence-electron chi connectivity index (χ3n) is 2.84. The zero-order valence-electron chi connectivity index (χ0n) is 10.1. The number of ether oxygens (including phenoxy) is 2. The van der Waals surface area contributed by atoms with E-state index in [0.717, 1.165) is 23.1 Å². The molecule has 0 radical (unpaired) electrons. The Labute approximate surface area is 110 Å². The summed E-state index contributed by atoms with van der Waals surface area (Å²) in [6, 6.07) is 0.185. The van der Waals surface area contributed by atoms with Crippen LogP contribution in [0.15, 0.2) is 10.7 Å². The molecule has 96 valence electrons. The number of hydrogen-bond donors (Lipinski definition) is 1. The van der Waals surface area contributed by atoms with E-state index in [4.69, 9.17) is 9.47 Å². The quantitative estimate of drug-likeness (QED) is 0.897. The number of aryl methyl sites for hydroxylation is 1. The van der Waals surface area contributed by atoms with Crippen LogP contribution < -0.4 is 5.32 Å². The maximum atomic E-state index is 5.50. The number of nitrogens with one attached hydrogen (secondary N) is 1. The molecule has 0 spiro atoms. The van der Waals surface area contributed by atoms with E-state index in [9.17, 15) is 0 Å². The predicted molar refractivity (Wildman–Crippen MR) is 67.6 cm³/mol. The van der Waals surface area contributed by atoms with Gasteiger partial charge in [0.05, 0.1) is 35.6 Å². The predicted octanol–water partition coefficient (Wildman–Crippen LogP) is 1.60. The van der Waals surface area contributed by atoms with E-state index >= 15 is 0 Å². The third kappa shape index (κ3) is 3.07. The SMILES string of the molecule is CCNC(CC1OCCO1)c1c(Br)cnn1C. The zero-order chi connectivity index (χ0) is 12.3. The van der Waals surface area contributed by atoms with Crippen LogP contribution in [0.5, 0.6) is 0 Å². The summed E-state index contributed by atoms with van der Waals surface area (Å²) in [5.41, 5.74) is 1.13. The second-order valence-corrected chi connectivity index (χ2v) is 4.87. The normalized spacial score (nSPS) is 18.8. The molecular formula is C11H18BrN3O2. The van der Waals surface area contributed by atoms with Crippen molar-refractivity contribution in [3.05, 3.63) is 16.4 Å². The molecule has 1 aliphatic heterocycles. The Morgan fingerprint density at radius 1 is 1.59 bits per heavy atom. The van der Waals surface area contributed by atoms with Gasteiger partial charge >= 0.3 is 0 Å². The Kier molecular flexibility index (Phi) is 4.55. The van der Waals surface area contributed by atoms with Crippen molar-refractivity contribution in [3.8, 4) is 0 Å². The summed E-state index contributed by atoms with van der Waals surface area (Å²) in [5, 5.41) is 7.68. The monoisotopic (exact) mass is 303 g/mol. The maximum Gasteiger partial charge on any atom is 0.159 e. The first kappa shape index (κ1) is 13.0. The van der Waals surface area contributed by atoms with Crippen LogP contribution in [0.1, 0.15) is 25.1 Å². The molecule has 6 heteroatoms. The van der Waals surface area contributed by atoms with E-state index in [1.807, 2.05) is 17.9 Å². The van der Waals surface area contributed by atoms with E-state index in [0.29, 0.717) is 13.2 Å². The van der Waals surface area contributed by atoms with E-state index in [2.05, 4.69) is 33.3 Å². The highest BCUT2D eigenvalue weighted by Crippen LogP contribution is 2.27. The van der Waals surface area contributed by atoms with Gasteiger partial charge in [-0.15, -0.1) is 0 Å². The lowest BCUT2D eigenvalue weighted by Gasteiger charge is -2.21. The van der Waals surface area contributed by atoms with E-state index in [1.54, 1.807) is 0 Å². The van der Waals surface area contributed by atoms with Crippen LogP contribution in [0.4, 0.5) is 0 Å². The van der Waals surface area contributed by atoms with Gasteiger partial charge in [0.2, 0.25) is 0 Å². The highest BCUT2D eigenvalue weighted by Gasteiger charge is 2.25. The summed E-state index contributed by atoms with van der Waals surface area (Å²) >= 11 is 3.53. The Morgan fingerprint density at radius 3 is 2.82 bits per heavy atom. The Bertz CT molecular complexity index is 344. The largest absolute Gasteiger partial charge is 0.350 e. The molecular weight excluding hydrogens is 286 g/mol. The minimum atomic E-state index is -0.110. The maximum absolute atomic E-state index is 5.50. The second kappa shape index (κ2) is 5.95. The average Bonchev–Trinajstić information content (AvgIpc) is 2.89. The van der Waals surface area contributed by atoms with Crippen LogP contribution >= 0.6 is 15.9 Å². The second-order valence-electron chi connectivity index (χ2n) is 4.02. The molecule has 1 saturated heterocycles. The highest BCUT2D eigenvalue weighted by atomic mass is 79.9. The Morgan fingerprint density at radius 2 is 2.29 bits per heavy atom. The van der Waals surface area contributed by atoms with Crippen molar-refractivity contribution in [3.63, 3.8) is 0 Å². The molecule has 1 atom stereocenters. The van der Waals surface area contributed by atoms with Gasteiger partial charge in [-0.2, -0.15) is 5.10 Å². The van der Waals surface area contributed by atoms with E-state index < -0.39 is 0 Å². The van der Waals surface area contributed by atoms with Gasteiger partial charge in [0.25, 0.3) is 0 Å². The molecule has 1 fully saturated rings. The summed E-state index contributed by atoms with van der Waals surface area (Å²) in [7, 11) is 1.95. The molecule has 0 aliphatic carbocycles. The van der Waals surface area contributed by atoms with Gasteiger partial charge in [-0.25, -0.2) is 0 Å². The van der Waals surface area contributed by atoms with Crippen LogP contribution in [0.25, 0.3) is 0 Å². The Hall–Kier alpha value is -0.430. The van der Waals surface area contributed by atoms with Gasteiger partial charge in [0, 0.05) is 13.5 Å². The molecule has 1 aromatic rings. The van der Waals surface area contributed by atoms with Gasteiger partial charge in [0.15, 0.2) is 6.29 Å². The van der Waals surface area contributed by atoms with Crippen molar-refractivity contribution in [1.82, 2.24) is 15.1 Å². The van der Waals surface area contributed by atoms with Crippen molar-refractivity contribution in [2.45, 2.75) is 25.7 Å². The molecule has 0 amide bonds. The van der Waals surface area contributed by atoms with Crippen molar-refractivity contribution in [2.75, 3.05) is 19.8 Å². The lowest BCUT2D eigenvalue weighted by molar-refractivity contribution is -0.0534. The first-order chi connectivity index (χ1) is 8.22. The molecule has 0 aromatic carbocycles. The molecule has 1 aliphatic rings. The summed E-state index contributed by atoms with van der Waals surface area (Å²) < 4.78 is 13.9. The van der Waals surface area contributed by atoms with Gasteiger partial charge < -0.3 is 14.8 Å². The number of nitrogens with zero attached hydrogens (tertiary/aromatic N) is 2. The summed E-state index contributed by atoms with van der Waals surface area (Å²) in [6.45, 7) is 4.37. The minimum absolute atomic E-state index is 0.110. The van der Waals surface area contributed by atoms with Crippen molar-refractivity contribution < 1.29 is 9.47 Å². The fourth-order valence-corrected chi connectivity index (χ4v) is 2.71. The van der Waals surface area contributed by atoms with Crippen molar-refractivity contribution in [1.29, 1.82) is 0 Å². The summed E-state index contributed by atoms with van der Waals surface area (Å²) in [4.78, 5) is 0. The molecule has 5 nitrogen and oxygen atoms in total. The Balaban J connectivity index is 2.10. The molecule has 1 N–H and O–H groups in total. The van der Waals surface area contributed by atoms with Gasteiger partial charge in [-0.05, 0) is 22.5 Å². The molecule has 1 unspecified atom stereocenters. The van der Waals surface area contributed by atoms with Crippen molar-refractivity contribution >= 4 is 15.9 Å². The van der Waals surface area contributed by atoms with Gasteiger partial charge in [-0.3, -0.25) is 4.68 Å². The van der Waals surface area contributed by atoms with Crippen LogP contribution in [0.3, 0.4) is 0 Å². The number of aromatic nitrogens is 2. The van der Waals surface area contributed by atoms with Gasteiger partial charge in [-0.1, -0.05) is 6.92 Å². The third-order valence-corrected chi connectivity index (χ3v) is 3.45. The van der Waals surface area contributed by atoms with E-state index in [-0.39, 0.29) is 12.3 Å². The van der Waals surface area contributed by atoms with Crippen LogP contribution in [0.2, 0.25) is 0 Å². The molecule has 17 heavy (non-hydrogen) atoms. The molecule has 2 heterocycles.